The summed E-state index contributed by atoms with van der Waals surface area (Å²) in [4.78, 5) is 36.3. The SMILES string of the molecule is Cc1ncoc1C(=O)N[C@H](CC(=O)O)C(=O)O. The van der Waals surface area contributed by atoms with Crippen molar-refractivity contribution in [3.8, 4) is 0 Å². The third-order valence-electron chi connectivity index (χ3n) is 1.93. The van der Waals surface area contributed by atoms with E-state index in [-0.39, 0.29) is 5.76 Å². The molecule has 92 valence electrons. The van der Waals surface area contributed by atoms with Crippen LogP contribution in [0.5, 0.6) is 0 Å². The van der Waals surface area contributed by atoms with E-state index in [0.717, 1.165) is 6.39 Å². The van der Waals surface area contributed by atoms with Crippen LogP contribution in [0.1, 0.15) is 22.7 Å². The predicted octanol–water partition coefficient (Wildman–Crippen LogP) is -0.359. The van der Waals surface area contributed by atoms with Gasteiger partial charge in [-0.3, -0.25) is 9.59 Å². The minimum atomic E-state index is -1.51. The maximum Gasteiger partial charge on any atom is 0.326 e. The van der Waals surface area contributed by atoms with Gasteiger partial charge in [0, 0.05) is 0 Å². The summed E-state index contributed by atoms with van der Waals surface area (Å²) in [6.07, 6.45) is 0.325. The Labute approximate surface area is 95.3 Å². The number of rotatable bonds is 5. The fraction of sp³-hybridized carbons (Fsp3) is 0.333. The molecule has 8 heteroatoms. The number of oxazole rings is 1. The molecule has 8 nitrogen and oxygen atoms in total. The number of amides is 1. The summed E-state index contributed by atoms with van der Waals surface area (Å²) in [7, 11) is 0. The van der Waals surface area contributed by atoms with Crippen molar-refractivity contribution >= 4 is 17.8 Å². The zero-order chi connectivity index (χ0) is 13.0. The van der Waals surface area contributed by atoms with Crippen LogP contribution in [0, 0.1) is 6.92 Å². The lowest BCUT2D eigenvalue weighted by Gasteiger charge is -2.10. The molecule has 0 spiro atoms. The second-order valence-electron chi connectivity index (χ2n) is 3.23. The van der Waals surface area contributed by atoms with Gasteiger partial charge in [-0.1, -0.05) is 0 Å². The minimum Gasteiger partial charge on any atom is -0.481 e. The molecular weight excluding hydrogens is 232 g/mol. The van der Waals surface area contributed by atoms with E-state index in [4.69, 9.17) is 14.6 Å². The highest BCUT2D eigenvalue weighted by Crippen LogP contribution is 2.05. The van der Waals surface area contributed by atoms with Gasteiger partial charge in [0.15, 0.2) is 6.39 Å². The van der Waals surface area contributed by atoms with Crippen LogP contribution in [0.2, 0.25) is 0 Å². The van der Waals surface area contributed by atoms with Crippen molar-refractivity contribution in [1.29, 1.82) is 0 Å². The van der Waals surface area contributed by atoms with Gasteiger partial charge >= 0.3 is 11.9 Å². The quantitative estimate of drug-likeness (QED) is 0.642. The first-order valence-electron chi connectivity index (χ1n) is 4.57. The van der Waals surface area contributed by atoms with Gasteiger partial charge in [-0.05, 0) is 6.92 Å². The largest absolute Gasteiger partial charge is 0.481 e. The Kier molecular flexibility index (Phi) is 3.81. The highest BCUT2D eigenvalue weighted by molar-refractivity contribution is 5.95. The van der Waals surface area contributed by atoms with Gasteiger partial charge in [-0.15, -0.1) is 0 Å². The molecule has 0 radical (unpaired) electrons. The zero-order valence-corrected chi connectivity index (χ0v) is 8.84. The lowest BCUT2D eigenvalue weighted by Crippen LogP contribution is -2.42. The summed E-state index contributed by atoms with van der Waals surface area (Å²) in [6.45, 7) is 1.51. The van der Waals surface area contributed by atoms with Crippen molar-refractivity contribution in [2.24, 2.45) is 0 Å². The maximum atomic E-state index is 11.5. The normalized spacial score (nSPS) is 11.8. The first-order chi connectivity index (χ1) is 7.91. The number of nitrogens with zero attached hydrogens (tertiary/aromatic N) is 1. The Morgan fingerprint density at radius 3 is 2.53 bits per heavy atom. The van der Waals surface area contributed by atoms with E-state index in [1.54, 1.807) is 0 Å². The van der Waals surface area contributed by atoms with Crippen LogP contribution in [0.3, 0.4) is 0 Å². The third kappa shape index (κ3) is 3.30. The van der Waals surface area contributed by atoms with Crippen LogP contribution >= 0.6 is 0 Å². The molecule has 1 aromatic heterocycles. The standard InChI is InChI=1S/C9H10N2O6/c1-4-7(17-3-10-4)8(14)11-5(9(15)16)2-6(12)13/h3,5H,2H2,1H3,(H,11,14)(H,12,13)(H,15,16)/t5-/m1/s1. The van der Waals surface area contributed by atoms with Gasteiger partial charge in [-0.25, -0.2) is 9.78 Å². The fourth-order valence-corrected chi connectivity index (χ4v) is 1.12. The number of hydrogen-bond donors (Lipinski definition) is 3. The molecule has 0 aliphatic rings. The smallest absolute Gasteiger partial charge is 0.326 e. The van der Waals surface area contributed by atoms with Crippen molar-refractivity contribution in [3.63, 3.8) is 0 Å². The number of hydrogen-bond acceptors (Lipinski definition) is 5. The molecule has 1 atom stereocenters. The molecule has 1 rings (SSSR count). The highest BCUT2D eigenvalue weighted by atomic mass is 16.4. The maximum absolute atomic E-state index is 11.5. The van der Waals surface area contributed by atoms with E-state index < -0.39 is 30.3 Å². The van der Waals surface area contributed by atoms with E-state index >= 15 is 0 Å². The molecular formula is C9H10N2O6. The summed E-state index contributed by atoms with van der Waals surface area (Å²) in [5.74, 6) is -3.71. The number of nitrogens with one attached hydrogen (secondary N) is 1. The molecule has 0 aliphatic heterocycles. The number of carbonyl (C=O) groups excluding carboxylic acids is 1. The summed E-state index contributed by atoms with van der Waals surface area (Å²) in [5.41, 5.74) is 0.293. The van der Waals surface area contributed by atoms with Crippen molar-refractivity contribution in [3.05, 3.63) is 17.8 Å². The lowest BCUT2D eigenvalue weighted by atomic mass is 10.2. The number of carboxylic acid groups (broad SMARTS) is 2. The Bertz CT molecular complexity index is 452. The fourth-order valence-electron chi connectivity index (χ4n) is 1.12. The Morgan fingerprint density at radius 1 is 1.47 bits per heavy atom. The summed E-state index contributed by atoms with van der Waals surface area (Å²) < 4.78 is 4.75. The number of aryl methyl sites for hydroxylation is 1. The van der Waals surface area contributed by atoms with Gasteiger partial charge in [-0.2, -0.15) is 0 Å². The van der Waals surface area contributed by atoms with Crippen LogP contribution in [0.4, 0.5) is 0 Å². The van der Waals surface area contributed by atoms with Crippen molar-refractivity contribution in [2.75, 3.05) is 0 Å². The van der Waals surface area contributed by atoms with Gasteiger partial charge in [0.05, 0.1) is 12.1 Å². The van der Waals surface area contributed by atoms with Gasteiger partial charge < -0.3 is 19.9 Å². The second-order valence-corrected chi connectivity index (χ2v) is 3.23. The minimum absolute atomic E-state index is 0.137. The molecule has 1 heterocycles. The first-order valence-corrected chi connectivity index (χ1v) is 4.57. The van der Waals surface area contributed by atoms with Gasteiger partial charge in [0.2, 0.25) is 5.76 Å². The van der Waals surface area contributed by atoms with Crippen molar-refractivity contribution in [1.82, 2.24) is 10.3 Å². The molecule has 0 saturated carbocycles. The molecule has 0 saturated heterocycles. The average Bonchev–Trinajstić information content (AvgIpc) is 2.62. The molecule has 0 bridgehead atoms. The molecule has 0 unspecified atom stereocenters. The van der Waals surface area contributed by atoms with Crippen LogP contribution in [-0.2, 0) is 9.59 Å². The Balaban J connectivity index is 2.74. The third-order valence-corrected chi connectivity index (χ3v) is 1.93. The molecule has 1 amide bonds. The van der Waals surface area contributed by atoms with Crippen molar-refractivity contribution < 1.29 is 29.0 Å². The van der Waals surface area contributed by atoms with Gasteiger partial charge in [0.25, 0.3) is 5.91 Å². The Hall–Kier alpha value is -2.38. The molecule has 0 aliphatic carbocycles. The summed E-state index contributed by atoms with van der Waals surface area (Å²) >= 11 is 0. The van der Waals surface area contributed by atoms with E-state index in [1.807, 2.05) is 5.32 Å². The van der Waals surface area contributed by atoms with Crippen LogP contribution < -0.4 is 5.32 Å². The van der Waals surface area contributed by atoms with Crippen LogP contribution in [-0.4, -0.2) is 39.1 Å². The van der Waals surface area contributed by atoms with E-state index in [0.29, 0.717) is 5.69 Å². The molecule has 0 fully saturated rings. The molecule has 17 heavy (non-hydrogen) atoms. The molecule has 0 aromatic carbocycles. The first kappa shape index (κ1) is 12.7. The average molecular weight is 242 g/mol. The lowest BCUT2D eigenvalue weighted by molar-refractivity contribution is -0.145. The van der Waals surface area contributed by atoms with Crippen LogP contribution in [0.15, 0.2) is 10.8 Å². The highest BCUT2D eigenvalue weighted by Gasteiger charge is 2.25. The number of carbonyl (C=O) groups is 3. The van der Waals surface area contributed by atoms with E-state index in [2.05, 4.69) is 4.98 Å². The molecule has 1 aromatic rings. The number of carboxylic acids is 2. The second kappa shape index (κ2) is 5.10. The molecule has 3 N–H and O–H groups in total. The topological polar surface area (TPSA) is 130 Å². The predicted molar refractivity (Wildman–Crippen MR) is 52.4 cm³/mol. The number of aromatic nitrogens is 1. The monoisotopic (exact) mass is 242 g/mol. The summed E-state index contributed by atoms with van der Waals surface area (Å²) in [6, 6.07) is -1.51. The van der Waals surface area contributed by atoms with E-state index in [1.165, 1.54) is 6.92 Å². The van der Waals surface area contributed by atoms with Crippen molar-refractivity contribution in [2.45, 2.75) is 19.4 Å². The Morgan fingerprint density at radius 2 is 2.12 bits per heavy atom. The number of aliphatic carboxylic acids is 2. The van der Waals surface area contributed by atoms with Gasteiger partial charge in [0.1, 0.15) is 6.04 Å². The summed E-state index contributed by atoms with van der Waals surface area (Å²) in [5, 5.41) is 19.2. The zero-order valence-electron chi connectivity index (χ0n) is 8.84. The van der Waals surface area contributed by atoms with Crippen LogP contribution in [0.25, 0.3) is 0 Å². The van der Waals surface area contributed by atoms with E-state index in [9.17, 15) is 14.4 Å².